The van der Waals surface area contributed by atoms with Gasteiger partial charge in [0.05, 0.1) is 5.38 Å². The zero-order chi connectivity index (χ0) is 14.6. The van der Waals surface area contributed by atoms with Gasteiger partial charge in [0.2, 0.25) is 0 Å². The summed E-state index contributed by atoms with van der Waals surface area (Å²) in [7, 11) is 0. The third-order valence-electron chi connectivity index (χ3n) is 2.76. The van der Waals surface area contributed by atoms with Gasteiger partial charge in [0.1, 0.15) is 5.82 Å². The van der Waals surface area contributed by atoms with Crippen LogP contribution in [-0.4, -0.2) is 17.8 Å². The van der Waals surface area contributed by atoms with Crippen LogP contribution in [-0.2, 0) is 0 Å². The van der Waals surface area contributed by atoms with Crippen LogP contribution in [0.3, 0.4) is 0 Å². The number of nitrogens with one attached hydrogen (secondary N) is 1. The van der Waals surface area contributed by atoms with Gasteiger partial charge in [-0.15, -0.1) is 11.6 Å². The van der Waals surface area contributed by atoms with E-state index in [0.717, 1.165) is 12.0 Å². The number of amides is 1. The second-order valence-corrected chi connectivity index (χ2v) is 6.65. The molecule has 0 bridgehead atoms. The molecule has 0 aliphatic carbocycles. The molecule has 0 aromatic heterocycles. The summed E-state index contributed by atoms with van der Waals surface area (Å²) in [5.41, 5.74) is 1.23. The standard InChI is InChI=1S/C15H21ClFNO/c1-10-5-6-12(17)7-13(10)14(19)18-9-11(16)8-15(2,3)4/h5-7,11H,8-9H2,1-4H3,(H,18,19). The zero-order valence-corrected chi connectivity index (χ0v) is 12.6. The molecule has 106 valence electrons. The molecule has 0 heterocycles. The van der Waals surface area contributed by atoms with Crippen LogP contribution >= 0.6 is 11.6 Å². The summed E-state index contributed by atoms with van der Waals surface area (Å²) in [5, 5.41) is 2.62. The Balaban J connectivity index is 2.58. The summed E-state index contributed by atoms with van der Waals surface area (Å²) in [4.78, 5) is 12.0. The van der Waals surface area contributed by atoms with Gasteiger partial charge in [-0.2, -0.15) is 0 Å². The molecular weight excluding hydrogens is 265 g/mol. The highest BCUT2D eigenvalue weighted by Crippen LogP contribution is 2.23. The highest BCUT2D eigenvalue weighted by Gasteiger charge is 2.18. The number of halogens is 2. The molecule has 0 radical (unpaired) electrons. The molecule has 1 atom stereocenters. The number of rotatable bonds is 4. The van der Waals surface area contributed by atoms with Gasteiger partial charge in [-0.25, -0.2) is 4.39 Å². The van der Waals surface area contributed by atoms with Gasteiger partial charge < -0.3 is 5.32 Å². The number of alkyl halides is 1. The van der Waals surface area contributed by atoms with E-state index in [1.54, 1.807) is 13.0 Å². The predicted molar refractivity (Wildman–Crippen MR) is 77.2 cm³/mol. The van der Waals surface area contributed by atoms with Crippen molar-refractivity contribution in [2.45, 2.75) is 39.5 Å². The summed E-state index contributed by atoms with van der Waals surface area (Å²) in [5.74, 6) is -0.690. The van der Waals surface area contributed by atoms with Gasteiger partial charge in [0.15, 0.2) is 0 Å². The van der Waals surface area contributed by atoms with Crippen molar-refractivity contribution in [2.24, 2.45) is 5.41 Å². The molecule has 1 rings (SSSR count). The molecule has 0 aliphatic heterocycles. The summed E-state index contributed by atoms with van der Waals surface area (Å²) >= 11 is 6.18. The largest absolute Gasteiger partial charge is 0.351 e. The quantitative estimate of drug-likeness (QED) is 0.835. The smallest absolute Gasteiger partial charge is 0.251 e. The van der Waals surface area contributed by atoms with Gasteiger partial charge in [-0.3, -0.25) is 4.79 Å². The van der Waals surface area contributed by atoms with Gasteiger partial charge in [-0.05, 0) is 36.5 Å². The lowest BCUT2D eigenvalue weighted by atomic mass is 9.90. The van der Waals surface area contributed by atoms with Crippen molar-refractivity contribution in [1.82, 2.24) is 5.32 Å². The van der Waals surface area contributed by atoms with Crippen molar-refractivity contribution in [2.75, 3.05) is 6.54 Å². The van der Waals surface area contributed by atoms with Gasteiger partial charge in [0, 0.05) is 12.1 Å². The van der Waals surface area contributed by atoms with E-state index in [1.165, 1.54) is 12.1 Å². The zero-order valence-electron chi connectivity index (χ0n) is 11.9. The van der Waals surface area contributed by atoms with Crippen LogP contribution in [0.5, 0.6) is 0 Å². The minimum absolute atomic E-state index is 0.117. The monoisotopic (exact) mass is 285 g/mol. The van der Waals surface area contributed by atoms with E-state index < -0.39 is 5.82 Å². The molecule has 0 saturated heterocycles. The van der Waals surface area contributed by atoms with Gasteiger partial charge >= 0.3 is 0 Å². The van der Waals surface area contributed by atoms with Crippen LogP contribution in [0.25, 0.3) is 0 Å². The van der Waals surface area contributed by atoms with E-state index in [4.69, 9.17) is 11.6 Å². The van der Waals surface area contributed by atoms with Crippen LogP contribution in [0.15, 0.2) is 18.2 Å². The molecule has 0 saturated carbocycles. The minimum Gasteiger partial charge on any atom is -0.351 e. The van der Waals surface area contributed by atoms with E-state index >= 15 is 0 Å². The Morgan fingerprint density at radius 3 is 2.63 bits per heavy atom. The fourth-order valence-electron chi connectivity index (χ4n) is 1.87. The first-order valence-corrected chi connectivity index (χ1v) is 6.81. The van der Waals surface area contributed by atoms with Crippen LogP contribution in [0.4, 0.5) is 4.39 Å². The number of aryl methyl sites for hydroxylation is 1. The third-order valence-corrected chi connectivity index (χ3v) is 3.07. The fraction of sp³-hybridized carbons (Fsp3) is 0.533. The molecule has 1 N–H and O–H groups in total. The number of carbonyl (C=O) groups is 1. The third kappa shape index (κ3) is 5.60. The lowest BCUT2D eigenvalue weighted by molar-refractivity contribution is 0.0951. The highest BCUT2D eigenvalue weighted by molar-refractivity contribution is 6.21. The Morgan fingerprint density at radius 2 is 2.05 bits per heavy atom. The van der Waals surface area contributed by atoms with E-state index in [0.29, 0.717) is 12.1 Å². The summed E-state index contributed by atoms with van der Waals surface area (Å²) < 4.78 is 13.1. The summed E-state index contributed by atoms with van der Waals surface area (Å²) in [6.45, 7) is 8.46. The number of hydrogen-bond donors (Lipinski definition) is 1. The maximum atomic E-state index is 13.1. The lowest BCUT2D eigenvalue weighted by Crippen LogP contribution is -2.32. The Labute approximate surface area is 119 Å². The lowest BCUT2D eigenvalue weighted by Gasteiger charge is -2.22. The predicted octanol–water partition coefficient (Wildman–Crippen LogP) is 3.91. The van der Waals surface area contributed by atoms with Crippen LogP contribution in [0.1, 0.15) is 43.1 Å². The Morgan fingerprint density at radius 1 is 1.42 bits per heavy atom. The molecule has 1 aromatic carbocycles. The molecule has 0 spiro atoms. The molecule has 1 aromatic rings. The average Bonchev–Trinajstić information content (AvgIpc) is 2.27. The highest BCUT2D eigenvalue weighted by atomic mass is 35.5. The second-order valence-electron chi connectivity index (χ2n) is 6.03. The van der Waals surface area contributed by atoms with E-state index in [-0.39, 0.29) is 16.7 Å². The van der Waals surface area contributed by atoms with Crippen molar-refractivity contribution in [1.29, 1.82) is 0 Å². The number of carbonyl (C=O) groups excluding carboxylic acids is 1. The fourth-order valence-corrected chi connectivity index (χ4v) is 2.41. The molecule has 0 aliphatic rings. The molecule has 2 nitrogen and oxygen atoms in total. The van der Waals surface area contributed by atoms with Gasteiger partial charge in [-0.1, -0.05) is 26.8 Å². The molecule has 0 fully saturated rings. The normalized spacial score (nSPS) is 13.2. The van der Waals surface area contributed by atoms with Crippen LogP contribution < -0.4 is 5.32 Å². The summed E-state index contributed by atoms with van der Waals surface area (Å²) in [6.07, 6.45) is 0.803. The Kier molecular flexibility index (Phi) is 5.36. The average molecular weight is 286 g/mol. The molecule has 19 heavy (non-hydrogen) atoms. The summed E-state index contributed by atoms with van der Waals surface area (Å²) in [6, 6.07) is 4.19. The van der Waals surface area contributed by atoms with Crippen molar-refractivity contribution < 1.29 is 9.18 Å². The van der Waals surface area contributed by atoms with Crippen molar-refractivity contribution in [3.05, 3.63) is 35.1 Å². The Hall–Kier alpha value is -1.09. The van der Waals surface area contributed by atoms with Crippen molar-refractivity contribution in [3.63, 3.8) is 0 Å². The molecule has 1 amide bonds. The van der Waals surface area contributed by atoms with Crippen molar-refractivity contribution in [3.8, 4) is 0 Å². The topological polar surface area (TPSA) is 29.1 Å². The molecule has 4 heteroatoms. The van der Waals surface area contributed by atoms with Gasteiger partial charge in [0.25, 0.3) is 5.91 Å². The van der Waals surface area contributed by atoms with Crippen LogP contribution in [0.2, 0.25) is 0 Å². The SMILES string of the molecule is Cc1ccc(F)cc1C(=O)NCC(Cl)CC(C)(C)C. The first kappa shape index (κ1) is 16.0. The number of benzene rings is 1. The van der Waals surface area contributed by atoms with Crippen LogP contribution in [0, 0.1) is 18.2 Å². The Bertz CT molecular complexity index is 454. The molecular formula is C15H21ClFNO. The maximum absolute atomic E-state index is 13.1. The first-order valence-electron chi connectivity index (χ1n) is 6.37. The van der Waals surface area contributed by atoms with Crippen molar-refractivity contribution >= 4 is 17.5 Å². The first-order chi connectivity index (χ1) is 8.69. The second kappa shape index (κ2) is 6.38. The van der Waals surface area contributed by atoms with E-state index in [2.05, 4.69) is 26.1 Å². The number of hydrogen-bond acceptors (Lipinski definition) is 1. The maximum Gasteiger partial charge on any atom is 0.251 e. The van der Waals surface area contributed by atoms with E-state index in [1.807, 2.05) is 0 Å². The molecule has 1 unspecified atom stereocenters. The minimum atomic E-state index is -0.409. The van der Waals surface area contributed by atoms with E-state index in [9.17, 15) is 9.18 Å².